The van der Waals surface area contributed by atoms with Crippen molar-refractivity contribution in [3.63, 3.8) is 0 Å². The molecule has 0 atom stereocenters. The first kappa shape index (κ1) is 9.98. The van der Waals surface area contributed by atoms with Crippen molar-refractivity contribution in [2.45, 2.75) is 24.3 Å². The Labute approximate surface area is 72.8 Å². The van der Waals surface area contributed by atoms with Gasteiger partial charge in [-0.25, -0.2) is 16.8 Å². The van der Waals surface area contributed by atoms with Gasteiger partial charge >= 0.3 is 0 Å². The van der Waals surface area contributed by atoms with Crippen LogP contribution in [0.5, 0.6) is 0 Å². The quantitative estimate of drug-likeness (QED) is 0.611. The van der Waals surface area contributed by atoms with Gasteiger partial charge in [-0.15, -0.1) is 0 Å². The first-order valence-electron chi connectivity index (χ1n) is 3.71. The molecule has 1 rings (SSSR count). The lowest BCUT2D eigenvalue weighted by Crippen LogP contribution is -2.36. The molecule has 1 heterocycles. The van der Waals surface area contributed by atoms with Gasteiger partial charge in [0.15, 0.2) is 23.8 Å². The van der Waals surface area contributed by atoms with E-state index >= 15 is 0 Å². The van der Waals surface area contributed by atoms with E-state index in [1.165, 1.54) is 6.92 Å². The summed E-state index contributed by atoms with van der Waals surface area (Å²) in [6, 6.07) is 0. The van der Waals surface area contributed by atoms with Crippen molar-refractivity contribution in [3.8, 4) is 0 Å². The van der Waals surface area contributed by atoms with E-state index in [-0.39, 0.29) is 17.9 Å². The Hall–Kier alpha value is -0.100. The summed E-state index contributed by atoms with van der Waals surface area (Å²) in [5.74, 6) is -0.445. The van der Waals surface area contributed by atoms with Gasteiger partial charge in [0.1, 0.15) is 0 Å². The van der Waals surface area contributed by atoms with E-state index < -0.39 is 23.8 Å². The normalized spacial score (nSPS) is 30.2. The van der Waals surface area contributed by atoms with Crippen LogP contribution in [0.3, 0.4) is 0 Å². The maximum absolute atomic E-state index is 11.4. The summed E-state index contributed by atoms with van der Waals surface area (Å²) in [6.07, 6.45) is 0.137. The molecule has 1 saturated heterocycles. The minimum absolute atomic E-state index is 0.137. The van der Waals surface area contributed by atoms with E-state index in [2.05, 4.69) is 0 Å². The summed E-state index contributed by atoms with van der Waals surface area (Å²) in [5, 5.41) is 0. The maximum atomic E-state index is 11.4. The third kappa shape index (κ3) is 1.01. The summed E-state index contributed by atoms with van der Waals surface area (Å²) in [7, 11) is -6.86. The lowest BCUT2D eigenvalue weighted by atomic mass is 10.4. The zero-order valence-electron chi connectivity index (χ0n) is 7.07. The molecule has 0 amide bonds. The van der Waals surface area contributed by atoms with E-state index in [9.17, 15) is 16.8 Å². The van der Waals surface area contributed by atoms with Gasteiger partial charge in [-0.2, -0.15) is 0 Å². The van der Waals surface area contributed by atoms with Gasteiger partial charge in [-0.3, -0.25) is 0 Å². The molecule has 0 bridgehead atoms. The van der Waals surface area contributed by atoms with E-state index in [1.807, 2.05) is 0 Å². The van der Waals surface area contributed by atoms with Gasteiger partial charge in [0.05, 0.1) is 11.5 Å². The molecule has 1 fully saturated rings. The third-order valence-corrected chi connectivity index (χ3v) is 9.05. The number of hydrogen-bond donors (Lipinski definition) is 0. The second-order valence-corrected chi connectivity index (χ2v) is 8.46. The Morgan fingerprint density at radius 2 is 1.42 bits per heavy atom. The molecule has 1 aliphatic heterocycles. The fourth-order valence-corrected chi connectivity index (χ4v) is 6.83. The molecular formula is C6H12O4S2. The van der Waals surface area contributed by atoms with E-state index in [0.717, 1.165) is 0 Å². The van der Waals surface area contributed by atoms with Crippen molar-refractivity contribution in [1.82, 2.24) is 0 Å². The Kier molecular flexibility index (Phi) is 2.03. The molecule has 0 spiro atoms. The Morgan fingerprint density at radius 1 is 1.08 bits per heavy atom. The van der Waals surface area contributed by atoms with E-state index in [4.69, 9.17) is 0 Å². The molecule has 6 heteroatoms. The summed E-state index contributed by atoms with van der Waals surface area (Å²) >= 11 is 0. The lowest BCUT2D eigenvalue weighted by molar-refractivity contribution is 0.555. The predicted octanol–water partition coefficient (Wildman–Crippen LogP) is -0.0442. The molecule has 12 heavy (non-hydrogen) atoms. The second kappa shape index (κ2) is 2.45. The molecule has 0 N–H and O–H groups in total. The van der Waals surface area contributed by atoms with Crippen molar-refractivity contribution in [2.75, 3.05) is 11.5 Å². The van der Waals surface area contributed by atoms with Gasteiger partial charge in [-0.05, 0) is 13.3 Å². The summed E-state index contributed by atoms with van der Waals surface area (Å²) in [6.45, 7) is 2.88. The summed E-state index contributed by atoms with van der Waals surface area (Å²) < 4.78 is 43.9. The largest absolute Gasteiger partial charge is 0.227 e. The molecule has 0 radical (unpaired) electrons. The molecule has 72 valence electrons. The van der Waals surface area contributed by atoms with Gasteiger partial charge in [0.2, 0.25) is 0 Å². The van der Waals surface area contributed by atoms with Gasteiger partial charge < -0.3 is 0 Å². The van der Waals surface area contributed by atoms with Crippen molar-refractivity contribution >= 4 is 19.7 Å². The highest BCUT2D eigenvalue weighted by Crippen LogP contribution is 2.35. The zero-order valence-corrected chi connectivity index (χ0v) is 8.70. The highest BCUT2D eigenvalue weighted by atomic mass is 32.3. The van der Waals surface area contributed by atoms with Gasteiger partial charge in [-0.1, -0.05) is 6.92 Å². The second-order valence-electron chi connectivity index (χ2n) is 3.13. The first-order chi connectivity index (χ1) is 5.27. The molecule has 0 aromatic rings. The molecule has 0 saturated carbocycles. The minimum Gasteiger partial charge on any atom is -0.227 e. The molecule has 1 aliphatic rings. The van der Waals surface area contributed by atoms with Crippen LogP contribution >= 0.6 is 0 Å². The predicted molar refractivity (Wildman–Crippen MR) is 46.3 cm³/mol. The highest BCUT2D eigenvalue weighted by Gasteiger charge is 2.54. The van der Waals surface area contributed by atoms with Crippen LogP contribution in [0.4, 0.5) is 0 Å². The molecule has 0 unspecified atom stereocenters. The smallest absolute Gasteiger partial charge is 0.171 e. The topological polar surface area (TPSA) is 68.3 Å². The number of sulfone groups is 2. The fourth-order valence-electron chi connectivity index (χ4n) is 1.28. The van der Waals surface area contributed by atoms with Gasteiger partial charge in [0.25, 0.3) is 0 Å². The summed E-state index contributed by atoms with van der Waals surface area (Å²) in [4.78, 5) is 0. The average Bonchev–Trinajstić information content (AvgIpc) is 2.12. The highest BCUT2D eigenvalue weighted by molar-refractivity contribution is 8.13. The van der Waals surface area contributed by atoms with Crippen molar-refractivity contribution in [2.24, 2.45) is 0 Å². The zero-order chi connectivity index (χ0) is 9.62. The minimum atomic E-state index is -3.43. The van der Waals surface area contributed by atoms with Crippen LogP contribution in [0.25, 0.3) is 0 Å². The van der Waals surface area contributed by atoms with Crippen molar-refractivity contribution in [3.05, 3.63) is 0 Å². The Balaban J connectivity index is 3.43. The molecule has 0 aromatic carbocycles. The molecule has 0 aromatic heterocycles. The SMILES string of the molecule is CCC1(C)S(=O)(=O)CCS1(=O)=O. The summed E-state index contributed by atoms with van der Waals surface area (Å²) in [5.41, 5.74) is 0. The average molecular weight is 212 g/mol. The van der Waals surface area contributed by atoms with Crippen LogP contribution in [0.2, 0.25) is 0 Å². The number of rotatable bonds is 1. The monoisotopic (exact) mass is 212 g/mol. The molecule has 0 aliphatic carbocycles. The standard InChI is InChI=1S/C6H12O4S2/c1-3-6(2)11(7,8)4-5-12(6,9)10/h3-5H2,1-2H3. The van der Waals surface area contributed by atoms with Crippen LogP contribution in [-0.4, -0.2) is 32.4 Å². The van der Waals surface area contributed by atoms with Crippen LogP contribution in [0, 0.1) is 0 Å². The van der Waals surface area contributed by atoms with Crippen LogP contribution < -0.4 is 0 Å². The molecular weight excluding hydrogens is 200 g/mol. The van der Waals surface area contributed by atoms with Crippen molar-refractivity contribution < 1.29 is 16.8 Å². The first-order valence-corrected chi connectivity index (χ1v) is 7.02. The van der Waals surface area contributed by atoms with Crippen LogP contribution in [0.1, 0.15) is 20.3 Å². The molecule has 4 nitrogen and oxygen atoms in total. The van der Waals surface area contributed by atoms with Crippen LogP contribution in [-0.2, 0) is 19.7 Å². The lowest BCUT2D eigenvalue weighted by Gasteiger charge is -2.18. The Bertz CT molecular complexity index is 342. The van der Waals surface area contributed by atoms with E-state index in [0.29, 0.717) is 0 Å². The third-order valence-electron chi connectivity index (χ3n) is 2.58. The maximum Gasteiger partial charge on any atom is 0.171 e. The van der Waals surface area contributed by atoms with Crippen LogP contribution in [0.15, 0.2) is 0 Å². The van der Waals surface area contributed by atoms with E-state index in [1.54, 1.807) is 6.92 Å². The number of hydrogen-bond acceptors (Lipinski definition) is 4. The Morgan fingerprint density at radius 3 is 1.58 bits per heavy atom. The van der Waals surface area contributed by atoms with Crippen molar-refractivity contribution in [1.29, 1.82) is 0 Å². The fraction of sp³-hybridized carbons (Fsp3) is 1.00. The van der Waals surface area contributed by atoms with Gasteiger partial charge in [0, 0.05) is 0 Å².